The molecule has 1 aliphatic rings. The molecule has 0 atom stereocenters. The standard InChI is InChI=1S/C16H21N5O/c1-20(14-5-3-4-8-17-14)13-6-9-21(10-7-13)15-11-16(22-2)19-12-18-15/h3-5,8,11-13H,6-7,9-10H2,1-2H3. The fourth-order valence-electron chi connectivity index (χ4n) is 2.85. The normalized spacial score (nSPS) is 15.6. The first kappa shape index (κ1) is 14.6. The predicted octanol–water partition coefficient (Wildman–Crippen LogP) is 1.99. The molecule has 0 saturated carbocycles. The van der Waals surface area contributed by atoms with Crippen molar-refractivity contribution in [1.82, 2.24) is 15.0 Å². The Kier molecular flexibility index (Phi) is 4.37. The fraction of sp³-hybridized carbons (Fsp3) is 0.438. The molecule has 1 aliphatic heterocycles. The van der Waals surface area contributed by atoms with E-state index in [1.165, 1.54) is 0 Å². The lowest BCUT2D eigenvalue weighted by atomic mass is 10.0. The minimum Gasteiger partial charge on any atom is -0.481 e. The number of pyridine rings is 1. The van der Waals surface area contributed by atoms with Crippen molar-refractivity contribution in [2.24, 2.45) is 0 Å². The summed E-state index contributed by atoms with van der Waals surface area (Å²) in [5, 5.41) is 0. The minimum absolute atomic E-state index is 0.509. The smallest absolute Gasteiger partial charge is 0.218 e. The van der Waals surface area contributed by atoms with Crippen molar-refractivity contribution in [3.05, 3.63) is 36.8 Å². The number of anilines is 2. The summed E-state index contributed by atoms with van der Waals surface area (Å²) in [5.41, 5.74) is 0. The van der Waals surface area contributed by atoms with Gasteiger partial charge in [0.05, 0.1) is 7.11 Å². The number of hydrogen-bond donors (Lipinski definition) is 0. The minimum atomic E-state index is 0.509. The van der Waals surface area contributed by atoms with Gasteiger partial charge in [-0.2, -0.15) is 0 Å². The van der Waals surface area contributed by atoms with Gasteiger partial charge in [-0.15, -0.1) is 0 Å². The molecule has 2 aromatic heterocycles. The molecular weight excluding hydrogens is 278 g/mol. The number of aromatic nitrogens is 3. The summed E-state index contributed by atoms with van der Waals surface area (Å²) in [5.74, 6) is 2.58. The van der Waals surface area contributed by atoms with E-state index in [1.54, 1.807) is 13.4 Å². The van der Waals surface area contributed by atoms with E-state index in [2.05, 4.69) is 37.9 Å². The topological polar surface area (TPSA) is 54.4 Å². The molecule has 2 aromatic rings. The quantitative estimate of drug-likeness (QED) is 0.860. The second-order valence-corrected chi connectivity index (χ2v) is 5.44. The molecule has 0 bridgehead atoms. The van der Waals surface area contributed by atoms with Crippen LogP contribution in [0.25, 0.3) is 0 Å². The number of methoxy groups -OCH3 is 1. The molecule has 0 aromatic carbocycles. The van der Waals surface area contributed by atoms with Gasteiger partial charge in [0.2, 0.25) is 5.88 Å². The summed E-state index contributed by atoms with van der Waals surface area (Å²) >= 11 is 0. The first-order valence-electron chi connectivity index (χ1n) is 7.53. The van der Waals surface area contributed by atoms with Crippen molar-refractivity contribution in [2.45, 2.75) is 18.9 Å². The summed E-state index contributed by atoms with van der Waals surface area (Å²) in [6.45, 7) is 1.95. The number of rotatable bonds is 4. The molecule has 0 N–H and O–H groups in total. The van der Waals surface area contributed by atoms with Crippen LogP contribution in [0.2, 0.25) is 0 Å². The van der Waals surface area contributed by atoms with Crippen LogP contribution in [-0.4, -0.2) is 48.2 Å². The van der Waals surface area contributed by atoms with E-state index < -0.39 is 0 Å². The van der Waals surface area contributed by atoms with Crippen molar-refractivity contribution < 1.29 is 4.74 Å². The third-order valence-electron chi connectivity index (χ3n) is 4.18. The van der Waals surface area contributed by atoms with Gasteiger partial charge in [0.1, 0.15) is 18.0 Å². The summed E-state index contributed by atoms with van der Waals surface area (Å²) in [6, 6.07) is 8.43. The molecule has 116 valence electrons. The molecule has 6 heteroatoms. The Morgan fingerprint density at radius 1 is 1.18 bits per heavy atom. The van der Waals surface area contributed by atoms with E-state index in [0.29, 0.717) is 11.9 Å². The maximum Gasteiger partial charge on any atom is 0.218 e. The molecule has 0 amide bonds. The number of ether oxygens (including phenoxy) is 1. The predicted molar refractivity (Wildman–Crippen MR) is 86.5 cm³/mol. The molecule has 0 unspecified atom stereocenters. The second-order valence-electron chi connectivity index (χ2n) is 5.44. The molecule has 0 aliphatic carbocycles. The molecular formula is C16H21N5O. The van der Waals surface area contributed by atoms with Gasteiger partial charge in [-0.25, -0.2) is 15.0 Å². The molecule has 3 heterocycles. The van der Waals surface area contributed by atoms with Crippen molar-refractivity contribution in [3.63, 3.8) is 0 Å². The summed E-state index contributed by atoms with van der Waals surface area (Å²) in [6.07, 6.45) is 5.56. The van der Waals surface area contributed by atoms with Crippen LogP contribution >= 0.6 is 0 Å². The van der Waals surface area contributed by atoms with Gasteiger partial charge < -0.3 is 14.5 Å². The van der Waals surface area contributed by atoms with E-state index in [1.807, 2.05) is 24.4 Å². The maximum atomic E-state index is 5.17. The van der Waals surface area contributed by atoms with E-state index in [-0.39, 0.29) is 0 Å². The number of nitrogens with zero attached hydrogens (tertiary/aromatic N) is 5. The van der Waals surface area contributed by atoms with Crippen LogP contribution in [0.15, 0.2) is 36.8 Å². The van der Waals surface area contributed by atoms with Gasteiger partial charge in [0.25, 0.3) is 0 Å². The zero-order valence-electron chi connectivity index (χ0n) is 13.0. The molecule has 0 radical (unpaired) electrons. The summed E-state index contributed by atoms with van der Waals surface area (Å²) in [7, 11) is 3.75. The highest BCUT2D eigenvalue weighted by molar-refractivity contribution is 5.43. The number of hydrogen-bond acceptors (Lipinski definition) is 6. The SMILES string of the molecule is COc1cc(N2CCC(N(C)c3ccccn3)CC2)ncn1. The van der Waals surface area contributed by atoms with Crippen molar-refractivity contribution >= 4 is 11.6 Å². The third-order valence-corrected chi connectivity index (χ3v) is 4.18. The van der Waals surface area contributed by atoms with Gasteiger partial charge >= 0.3 is 0 Å². The highest BCUT2D eigenvalue weighted by Crippen LogP contribution is 2.24. The Morgan fingerprint density at radius 2 is 2.00 bits per heavy atom. The lowest BCUT2D eigenvalue weighted by Crippen LogP contribution is -2.44. The molecule has 22 heavy (non-hydrogen) atoms. The van der Waals surface area contributed by atoms with Crippen LogP contribution in [0.3, 0.4) is 0 Å². The van der Waals surface area contributed by atoms with Crippen molar-refractivity contribution in [1.29, 1.82) is 0 Å². The van der Waals surface area contributed by atoms with Crippen LogP contribution in [-0.2, 0) is 0 Å². The van der Waals surface area contributed by atoms with E-state index >= 15 is 0 Å². The van der Waals surface area contributed by atoms with Crippen LogP contribution in [0, 0.1) is 0 Å². The van der Waals surface area contributed by atoms with Crippen molar-refractivity contribution in [3.8, 4) is 5.88 Å². The van der Waals surface area contributed by atoms with Gasteiger partial charge in [0, 0.05) is 38.4 Å². The van der Waals surface area contributed by atoms with Crippen LogP contribution in [0.1, 0.15) is 12.8 Å². The average molecular weight is 299 g/mol. The molecule has 1 fully saturated rings. The largest absolute Gasteiger partial charge is 0.481 e. The maximum absolute atomic E-state index is 5.17. The Morgan fingerprint density at radius 3 is 2.68 bits per heavy atom. The summed E-state index contributed by atoms with van der Waals surface area (Å²) < 4.78 is 5.17. The van der Waals surface area contributed by atoms with Crippen molar-refractivity contribution in [2.75, 3.05) is 37.0 Å². The Bertz CT molecular complexity index is 598. The zero-order chi connectivity index (χ0) is 15.4. The molecule has 6 nitrogen and oxygen atoms in total. The first-order valence-corrected chi connectivity index (χ1v) is 7.53. The average Bonchev–Trinajstić information content (AvgIpc) is 2.62. The highest BCUT2D eigenvalue weighted by Gasteiger charge is 2.24. The van der Waals surface area contributed by atoms with Crippen LogP contribution in [0.5, 0.6) is 5.88 Å². The molecule has 1 saturated heterocycles. The van der Waals surface area contributed by atoms with Crippen LogP contribution in [0.4, 0.5) is 11.6 Å². The number of piperidine rings is 1. The lowest BCUT2D eigenvalue weighted by Gasteiger charge is -2.37. The van der Waals surface area contributed by atoms with Gasteiger partial charge in [0.15, 0.2) is 0 Å². The van der Waals surface area contributed by atoms with Gasteiger partial charge in [-0.3, -0.25) is 0 Å². The monoisotopic (exact) mass is 299 g/mol. The second kappa shape index (κ2) is 6.60. The van der Waals surface area contributed by atoms with Gasteiger partial charge in [-0.1, -0.05) is 6.07 Å². The van der Waals surface area contributed by atoms with Crippen LogP contribution < -0.4 is 14.5 Å². The fourth-order valence-corrected chi connectivity index (χ4v) is 2.85. The van der Waals surface area contributed by atoms with Gasteiger partial charge in [-0.05, 0) is 25.0 Å². The zero-order valence-corrected chi connectivity index (χ0v) is 13.0. The molecule has 0 spiro atoms. The first-order chi connectivity index (χ1) is 10.8. The molecule has 3 rings (SSSR count). The summed E-state index contributed by atoms with van der Waals surface area (Å²) in [4.78, 5) is 17.4. The highest BCUT2D eigenvalue weighted by atomic mass is 16.5. The Labute approximate surface area is 130 Å². The van der Waals surface area contributed by atoms with E-state index in [0.717, 1.165) is 37.6 Å². The lowest BCUT2D eigenvalue weighted by molar-refractivity contribution is 0.396. The Balaban J connectivity index is 1.62. The van der Waals surface area contributed by atoms with E-state index in [4.69, 9.17) is 4.74 Å². The van der Waals surface area contributed by atoms with E-state index in [9.17, 15) is 0 Å². The third kappa shape index (κ3) is 3.10. The Hall–Kier alpha value is -2.37.